The highest BCUT2D eigenvalue weighted by atomic mass is 19.1. The minimum Gasteiger partial charge on any atom is -0.487 e. The van der Waals surface area contributed by atoms with E-state index in [2.05, 4.69) is 19.2 Å². The summed E-state index contributed by atoms with van der Waals surface area (Å²) in [7, 11) is 1.99. The van der Waals surface area contributed by atoms with Gasteiger partial charge in [0, 0.05) is 17.9 Å². The molecule has 0 spiro atoms. The highest BCUT2D eigenvalue weighted by molar-refractivity contribution is 5.30. The zero-order valence-corrected chi connectivity index (χ0v) is 12.3. The predicted molar refractivity (Wildman–Crippen MR) is 76.0 cm³/mol. The Kier molecular flexibility index (Phi) is 4.14. The summed E-state index contributed by atoms with van der Waals surface area (Å²) in [6.07, 6.45) is 3.16. The van der Waals surface area contributed by atoms with Crippen molar-refractivity contribution in [1.29, 1.82) is 0 Å². The number of benzene rings is 1. The number of hydrogen-bond donors (Lipinski definition) is 1. The van der Waals surface area contributed by atoms with E-state index in [4.69, 9.17) is 4.74 Å². The van der Waals surface area contributed by atoms with Gasteiger partial charge in [0.25, 0.3) is 0 Å². The van der Waals surface area contributed by atoms with E-state index in [1.165, 1.54) is 6.07 Å². The van der Waals surface area contributed by atoms with Crippen LogP contribution in [0, 0.1) is 18.2 Å². The van der Waals surface area contributed by atoms with Crippen molar-refractivity contribution in [2.75, 3.05) is 7.05 Å². The van der Waals surface area contributed by atoms with Crippen molar-refractivity contribution < 1.29 is 9.13 Å². The number of nitrogens with one attached hydrogen (secondary N) is 1. The lowest BCUT2D eigenvalue weighted by atomic mass is 9.58. The summed E-state index contributed by atoms with van der Waals surface area (Å²) >= 11 is 0. The topological polar surface area (TPSA) is 21.3 Å². The average molecular weight is 265 g/mol. The summed E-state index contributed by atoms with van der Waals surface area (Å²) in [4.78, 5) is 0. The van der Waals surface area contributed by atoms with Crippen molar-refractivity contribution in [2.45, 2.75) is 52.2 Å². The van der Waals surface area contributed by atoms with Crippen molar-refractivity contribution in [3.05, 3.63) is 29.6 Å². The van der Waals surface area contributed by atoms with Gasteiger partial charge in [0.05, 0.1) is 0 Å². The molecule has 2 rings (SSSR count). The van der Waals surface area contributed by atoms with Crippen LogP contribution in [-0.2, 0) is 0 Å². The van der Waals surface area contributed by atoms with E-state index in [1.54, 1.807) is 12.1 Å². The molecule has 0 aromatic heterocycles. The van der Waals surface area contributed by atoms with Crippen LogP contribution in [0.1, 0.15) is 38.7 Å². The van der Waals surface area contributed by atoms with Crippen molar-refractivity contribution in [3.8, 4) is 5.75 Å². The first-order valence-corrected chi connectivity index (χ1v) is 7.17. The van der Waals surface area contributed by atoms with Gasteiger partial charge in [-0.05, 0) is 44.5 Å². The maximum atomic E-state index is 13.8. The number of hydrogen-bond acceptors (Lipinski definition) is 2. The van der Waals surface area contributed by atoms with Crippen LogP contribution in [-0.4, -0.2) is 19.2 Å². The number of halogens is 1. The molecule has 0 amide bonds. The largest absolute Gasteiger partial charge is 0.487 e. The highest BCUT2D eigenvalue weighted by Gasteiger charge is 2.53. The molecule has 1 aliphatic carbocycles. The molecule has 0 heterocycles. The van der Waals surface area contributed by atoms with Gasteiger partial charge in [-0.15, -0.1) is 0 Å². The van der Waals surface area contributed by atoms with E-state index in [1.807, 2.05) is 14.0 Å². The molecule has 0 aliphatic heterocycles. The van der Waals surface area contributed by atoms with Gasteiger partial charge < -0.3 is 10.1 Å². The van der Waals surface area contributed by atoms with Crippen LogP contribution in [0.25, 0.3) is 0 Å². The van der Waals surface area contributed by atoms with Crippen molar-refractivity contribution in [1.82, 2.24) is 5.32 Å². The molecule has 0 bridgehead atoms. The number of ether oxygens (including phenoxy) is 1. The Bertz CT molecular complexity index is 442. The molecule has 2 unspecified atom stereocenters. The Labute approximate surface area is 115 Å². The minimum absolute atomic E-state index is 0.108. The number of aryl methyl sites for hydroxylation is 1. The summed E-state index contributed by atoms with van der Waals surface area (Å²) in [5.74, 6) is 0.130. The summed E-state index contributed by atoms with van der Waals surface area (Å²) < 4.78 is 19.8. The Hall–Kier alpha value is -1.09. The van der Waals surface area contributed by atoms with Crippen LogP contribution < -0.4 is 10.1 Å². The van der Waals surface area contributed by atoms with E-state index in [0.29, 0.717) is 11.8 Å². The molecule has 0 radical (unpaired) electrons. The van der Waals surface area contributed by atoms with E-state index in [-0.39, 0.29) is 17.3 Å². The molecule has 0 saturated heterocycles. The SMILES string of the molecule is CCC1(CC)C(NC)CC1Oc1cc(C)ccc1F. The number of rotatable bonds is 5. The molecule has 1 saturated carbocycles. The van der Waals surface area contributed by atoms with Crippen molar-refractivity contribution >= 4 is 0 Å². The molecule has 1 aliphatic rings. The fraction of sp³-hybridized carbons (Fsp3) is 0.625. The molecule has 1 aromatic carbocycles. The summed E-state index contributed by atoms with van der Waals surface area (Å²) in [5, 5.41) is 3.36. The third kappa shape index (κ3) is 2.36. The van der Waals surface area contributed by atoms with Crippen LogP contribution in [0.3, 0.4) is 0 Å². The molecule has 3 heteroatoms. The molecule has 1 fully saturated rings. The second kappa shape index (κ2) is 5.49. The summed E-state index contributed by atoms with van der Waals surface area (Å²) in [6, 6.07) is 5.52. The second-order valence-corrected chi connectivity index (χ2v) is 5.56. The fourth-order valence-electron chi connectivity index (χ4n) is 3.37. The van der Waals surface area contributed by atoms with Crippen molar-refractivity contribution in [2.24, 2.45) is 5.41 Å². The average Bonchev–Trinajstić information content (AvgIpc) is 2.39. The molecular formula is C16H24FNO. The third-order valence-electron chi connectivity index (χ3n) is 4.81. The van der Waals surface area contributed by atoms with E-state index in [0.717, 1.165) is 24.8 Å². The Morgan fingerprint density at radius 1 is 1.37 bits per heavy atom. The molecular weight excluding hydrogens is 241 g/mol. The van der Waals surface area contributed by atoms with E-state index < -0.39 is 0 Å². The predicted octanol–water partition coefficient (Wildman–Crippen LogP) is 3.68. The van der Waals surface area contributed by atoms with Crippen LogP contribution in [0.5, 0.6) is 5.75 Å². The van der Waals surface area contributed by atoms with Crippen LogP contribution in [0.4, 0.5) is 4.39 Å². The zero-order valence-electron chi connectivity index (χ0n) is 12.3. The van der Waals surface area contributed by atoms with Gasteiger partial charge in [-0.25, -0.2) is 4.39 Å². The van der Waals surface area contributed by atoms with Gasteiger partial charge in [0.1, 0.15) is 6.10 Å². The van der Waals surface area contributed by atoms with Gasteiger partial charge in [0.15, 0.2) is 11.6 Å². The van der Waals surface area contributed by atoms with Gasteiger partial charge >= 0.3 is 0 Å². The summed E-state index contributed by atoms with van der Waals surface area (Å²) in [5.41, 5.74) is 1.16. The van der Waals surface area contributed by atoms with E-state index >= 15 is 0 Å². The molecule has 2 nitrogen and oxygen atoms in total. The Balaban J connectivity index is 2.17. The van der Waals surface area contributed by atoms with Crippen LogP contribution >= 0.6 is 0 Å². The first-order valence-electron chi connectivity index (χ1n) is 7.17. The Morgan fingerprint density at radius 2 is 2.05 bits per heavy atom. The van der Waals surface area contributed by atoms with Crippen LogP contribution in [0.2, 0.25) is 0 Å². The van der Waals surface area contributed by atoms with Gasteiger partial charge in [0.2, 0.25) is 0 Å². The molecule has 106 valence electrons. The minimum atomic E-state index is -0.264. The van der Waals surface area contributed by atoms with Gasteiger partial charge in [-0.2, -0.15) is 0 Å². The highest BCUT2D eigenvalue weighted by Crippen LogP contribution is 2.49. The first kappa shape index (κ1) is 14.3. The standard InChI is InChI=1S/C16H24FNO/c1-5-16(6-2)14(18-4)10-15(16)19-13-9-11(3)7-8-12(13)17/h7-9,14-15,18H,5-6,10H2,1-4H3. The lowest BCUT2D eigenvalue weighted by Crippen LogP contribution is -2.63. The molecule has 2 atom stereocenters. The zero-order chi connectivity index (χ0) is 14.0. The third-order valence-corrected chi connectivity index (χ3v) is 4.81. The lowest BCUT2D eigenvalue weighted by Gasteiger charge is -2.55. The summed E-state index contributed by atoms with van der Waals surface area (Å²) in [6.45, 7) is 6.34. The van der Waals surface area contributed by atoms with Gasteiger partial charge in [-0.1, -0.05) is 19.9 Å². The first-order chi connectivity index (χ1) is 9.07. The van der Waals surface area contributed by atoms with Gasteiger partial charge in [-0.3, -0.25) is 0 Å². The van der Waals surface area contributed by atoms with Crippen molar-refractivity contribution in [3.63, 3.8) is 0 Å². The maximum Gasteiger partial charge on any atom is 0.165 e. The smallest absolute Gasteiger partial charge is 0.165 e. The Morgan fingerprint density at radius 3 is 2.63 bits per heavy atom. The van der Waals surface area contributed by atoms with Crippen LogP contribution in [0.15, 0.2) is 18.2 Å². The quantitative estimate of drug-likeness (QED) is 0.877. The molecule has 1 N–H and O–H groups in total. The monoisotopic (exact) mass is 265 g/mol. The lowest BCUT2D eigenvalue weighted by molar-refractivity contribution is -0.0849. The molecule has 1 aromatic rings. The fourth-order valence-corrected chi connectivity index (χ4v) is 3.37. The maximum absolute atomic E-state index is 13.8. The molecule has 19 heavy (non-hydrogen) atoms. The second-order valence-electron chi connectivity index (χ2n) is 5.56. The van der Waals surface area contributed by atoms with E-state index in [9.17, 15) is 4.39 Å². The normalized spacial score (nSPS) is 24.9.